The lowest BCUT2D eigenvalue weighted by atomic mass is 10.0. The number of carbonyl (C=O) groups excluding carboxylic acids is 1. The largest absolute Gasteiger partial charge is 0.394 e. The third-order valence-corrected chi connectivity index (χ3v) is 8.38. The summed E-state index contributed by atoms with van der Waals surface area (Å²) in [7, 11) is 0. The second kappa shape index (κ2) is 32.0. The lowest BCUT2D eigenvalue weighted by Gasteiger charge is -2.23. The lowest BCUT2D eigenvalue weighted by Crippen LogP contribution is -2.49. The monoisotopic (exact) mass is 582 g/mol. The van der Waals surface area contributed by atoms with Gasteiger partial charge in [-0.05, 0) is 38.5 Å². The van der Waals surface area contributed by atoms with E-state index >= 15 is 0 Å². The molecular weight excluding hydrogens is 510 g/mol. The van der Waals surface area contributed by atoms with Crippen molar-refractivity contribution in [2.75, 3.05) is 6.61 Å². The fourth-order valence-electron chi connectivity index (χ4n) is 5.48. The number of carbonyl (C=O) groups is 1. The molecule has 0 fully saturated rings. The highest BCUT2D eigenvalue weighted by Gasteiger charge is 2.23. The number of rotatable bonds is 32. The van der Waals surface area contributed by atoms with Crippen molar-refractivity contribution in [3.63, 3.8) is 0 Å². The van der Waals surface area contributed by atoms with Crippen LogP contribution >= 0.6 is 0 Å². The predicted octanol–water partition coefficient (Wildman–Crippen LogP) is 9.31. The number of hydrogen-bond donors (Lipinski definition) is 4. The van der Waals surface area contributed by atoms with Crippen molar-refractivity contribution in [1.82, 2.24) is 5.32 Å². The van der Waals surface area contributed by atoms with Crippen LogP contribution in [-0.2, 0) is 4.79 Å². The quantitative estimate of drug-likeness (QED) is 0.0471. The molecule has 0 saturated carbocycles. The average Bonchev–Trinajstić information content (AvgIpc) is 2.98. The van der Waals surface area contributed by atoms with E-state index in [-0.39, 0.29) is 6.61 Å². The highest BCUT2D eigenvalue weighted by molar-refractivity contribution is 5.80. The minimum atomic E-state index is -1.08. The summed E-state index contributed by atoms with van der Waals surface area (Å²) in [5, 5.41) is 33.0. The third-order valence-electron chi connectivity index (χ3n) is 8.38. The van der Waals surface area contributed by atoms with E-state index < -0.39 is 24.2 Å². The summed E-state index contributed by atoms with van der Waals surface area (Å²) in [6, 6.07) is -0.710. The zero-order valence-electron chi connectivity index (χ0n) is 27.4. The van der Waals surface area contributed by atoms with E-state index in [0.717, 1.165) is 44.9 Å². The maximum atomic E-state index is 12.4. The molecule has 0 aromatic heterocycles. The molecule has 0 aromatic carbocycles. The van der Waals surface area contributed by atoms with Crippen LogP contribution < -0.4 is 5.32 Å². The normalized spacial score (nSPS) is 14.0. The van der Waals surface area contributed by atoms with Crippen molar-refractivity contribution < 1.29 is 20.1 Å². The van der Waals surface area contributed by atoms with Gasteiger partial charge in [-0.1, -0.05) is 161 Å². The highest BCUT2D eigenvalue weighted by atomic mass is 16.3. The standard InChI is InChI=1S/C36H71NO4/c1-3-5-7-9-11-13-15-17-18-19-21-23-25-27-29-31-35(40)36(41)37-33(32-38)34(39)30-28-26-24-22-20-16-14-12-10-8-6-4-2/h18-19,33-35,38-40H,3-17,20-32H2,1-2H3,(H,37,41)/b19-18-. The predicted molar refractivity (Wildman–Crippen MR) is 176 cm³/mol. The molecule has 0 radical (unpaired) electrons. The maximum Gasteiger partial charge on any atom is 0.249 e. The van der Waals surface area contributed by atoms with Crippen LogP contribution in [0.1, 0.15) is 187 Å². The maximum absolute atomic E-state index is 12.4. The molecule has 244 valence electrons. The summed E-state index contributed by atoms with van der Waals surface area (Å²) in [4.78, 5) is 12.4. The molecule has 0 heterocycles. The van der Waals surface area contributed by atoms with Gasteiger partial charge in [-0.3, -0.25) is 4.79 Å². The average molecular weight is 582 g/mol. The second-order valence-corrected chi connectivity index (χ2v) is 12.4. The first-order valence-corrected chi connectivity index (χ1v) is 18.0. The number of nitrogens with one attached hydrogen (secondary N) is 1. The lowest BCUT2D eigenvalue weighted by molar-refractivity contribution is -0.131. The highest BCUT2D eigenvalue weighted by Crippen LogP contribution is 2.15. The summed E-state index contributed by atoms with van der Waals surface area (Å²) < 4.78 is 0. The van der Waals surface area contributed by atoms with Gasteiger partial charge in [0.05, 0.1) is 18.8 Å². The van der Waals surface area contributed by atoms with Crippen molar-refractivity contribution in [2.24, 2.45) is 0 Å². The zero-order valence-corrected chi connectivity index (χ0v) is 27.4. The van der Waals surface area contributed by atoms with Gasteiger partial charge in [0.1, 0.15) is 6.10 Å². The molecule has 0 aliphatic carbocycles. The van der Waals surface area contributed by atoms with Crippen molar-refractivity contribution >= 4 is 5.91 Å². The fraction of sp³-hybridized carbons (Fsp3) is 0.917. The molecule has 0 bridgehead atoms. The van der Waals surface area contributed by atoms with Gasteiger partial charge in [0.2, 0.25) is 5.91 Å². The molecular formula is C36H71NO4. The van der Waals surface area contributed by atoms with Gasteiger partial charge in [0.15, 0.2) is 0 Å². The van der Waals surface area contributed by atoms with Crippen molar-refractivity contribution in [1.29, 1.82) is 0 Å². The molecule has 0 aliphatic rings. The van der Waals surface area contributed by atoms with Crippen LogP contribution in [0.2, 0.25) is 0 Å². The number of hydrogen-bond acceptors (Lipinski definition) is 4. The molecule has 1 amide bonds. The Hall–Kier alpha value is -0.910. The molecule has 0 saturated heterocycles. The van der Waals surface area contributed by atoms with E-state index in [1.807, 2.05) is 0 Å². The van der Waals surface area contributed by atoms with Crippen LogP contribution in [0.25, 0.3) is 0 Å². The first-order valence-electron chi connectivity index (χ1n) is 18.0. The Labute approximate surface area is 255 Å². The Bertz CT molecular complexity index is 568. The summed E-state index contributed by atoms with van der Waals surface area (Å²) in [5.74, 6) is -0.480. The smallest absolute Gasteiger partial charge is 0.249 e. The van der Waals surface area contributed by atoms with Crippen LogP contribution in [0.5, 0.6) is 0 Å². The van der Waals surface area contributed by atoms with Gasteiger partial charge in [0, 0.05) is 0 Å². The molecule has 3 unspecified atom stereocenters. The summed E-state index contributed by atoms with van der Waals surface area (Å²) in [5.41, 5.74) is 0. The second-order valence-electron chi connectivity index (χ2n) is 12.4. The number of unbranched alkanes of at least 4 members (excludes halogenated alkanes) is 22. The fourth-order valence-corrected chi connectivity index (χ4v) is 5.48. The Kier molecular flexibility index (Phi) is 31.3. The van der Waals surface area contributed by atoms with E-state index in [1.54, 1.807) is 0 Å². The molecule has 5 nitrogen and oxygen atoms in total. The Morgan fingerprint density at radius 1 is 0.561 bits per heavy atom. The summed E-state index contributed by atoms with van der Waals surface area (Å²) in [6.45, 7) is 4.20. The summed E-state index contributed by atoms with van der Waals surface area (Å²) in [6.07, 6.45) is 34.7. The van der Waals surface area contributed by atoms with E-state index in [1.165, 1.54) is 116 Å². The van der Waals surface area contributed by atoms with Gasteiger partial charge in [0.25, 0.3) is 0 Å². The topological polar surface area (TPSA) is 89.8 Å². The Morgan fingerprint density at radius 3 is 1.34 bits per heavy atom. The number of aliphatic hydroxyl groups excluding tert-OH is 3. The Balaban J connectivity index is 3.71. The number of allylic oxidation sites excluding steroid dienone is 2. The van der Waals surface area contributed by atoms with Gasteiger partial charge in [-0.15, -0.1) is 0 Å². The first kappa shape index (κ1) is 40.1. The SMILES string of the molecule is CCCCCCCCC/C=C\CCCCCCC(O)C(=O)NC(CO)C(O)CCCCCCCCCCCCCC. The van der Waals surface area contributed by atoms with Crippen molar-refractivity contribution in [3.05, 3.63) is 12.2 Å². The summed E-state index contributed by atoms with van der Waals surface area (Å²) >= 11 is 0. The molecule has 0 rings (SSSR count). The molecule has 5 heteroatoms. The van der Waals surface area contributed by atoms with Crippen LogP contribution in [0.15, 0.2) is 12.2 Å². The van der Waals surface area contributed by atoms with Crippen LogP contribution in [0.4, 0.5) is 0 Å². The minimum absolute atomic E-state index is 0.315. The Morgan fingerprint density at radius 2 is 0.927 bits per heavy atom. The third kappa shape index (κ3) is 27.7. The first-order chi connectivity index (χ1) is 20.1. The van der Waals surface area contributed by atoms with E-state index in [9.17, 15) is 20.1 Å². The molecule has 0 aliphatic heterocycles. The van der Waals surface area contributed by atoms with Crippen LogP contribution in [0.3, 0.4) is 0 Å². The number of amides is 1. The van der Waals surface area contributed by atoms with Crippen LogP contribution in [0, 0.1) is 0 Å². The number of aliphatic hydroxyl groups is 3. The molecule has 0 aromatic rings. The van der Waals surface area contributed by atoms with E-state index in [2.05, 4.69) is 31.3 Å². The minimum Gasteiger partial charge on any atom is -0.394 e. The molecule has 4 N–H and O–H groups in total. The van der Waals surface area contributed by atoms with Gasteiger partial charge >= 0.3 is 0 Å². The van der Waals surface area contributed by atoms with Crippen LogP contribution in [-0.4, -0.2) is 46.1 Å². The molecule has 3 atom stereocenters. The van der Waals surface area contributed by atoms with Gasteiger partial charge < -0.3 is 20.6 Å². The van der Waals surface area contributed by atoms with Gasteiger partial charge in [-0.25, -0.2) is 0 Å². The molecule has 0 spiro atoms. The zero-order chi connectivity index (χ0) is 30.2. The van der Waals surface area contributed by atoms with Crippen molar-refractivity contribution in [2.45, 2.75) is 205 Å². The van der Waals surface area contributed by atoms with Crippen molar-refractivity contribution in [3.8, 4) is 0 Å². The van der Waals surface area contributed by atoms with Gasteiger partial charge in [-0.2, -0.15) is 0 Å². The van der Waals surface area contributed by atoms with E-state index in [0.29, 0.717) is 12.8 Å². The molecule has 41 heavy (non-hydrogen) atoms. The van der Waals surface area contributed by atoms with E-state index in [4.69, 9.17) is 0 Å².